The van der Waals surface area contributed by atoms with E-state index in [1.54, 1.807) is 11.3 Å². The Morgan fingerprint density at radius 1 is 1.20 bits per heavy atom. The van der Waals surface area contributed by atoms with Gasteiger partial charge in [0.15, 0.2) is 0 Å². The van der Waals surface area contributed by atoms with Gasteiger partial charge in [0, 0.05) is 0 Å². The molecular weight excluding hydrogens is 356 g/mol. The van der Waals surface area contributed by atoms with Gasteiger partial charge in [0.25, 0.3) is 0 Å². The molecule has 0 fully saturated rings. The number of anilines is 1. The van der Waals surface area contributed by atoms with Gasteiger partial charge in [-0.15, -0.1) is 11.3 Å². The third-order valence-electron chi connectivity index (χ3n) is 3.00. The molecule has 5 heteroatoms. The first-order valence-corrected chi connectivity index (χ1v) is 8.20. The molecule has 0 bridgehead atoms. The van der Waals surface area contributed by atoms with Crippen LogP contribution in [0.15, 0.2) is 46.9 Å². The molecule has 1 aromatic heterocycles. The fraction of sp³-hybridized carbons (Fsp3) is 0.133. The van der Waals surface area contributed by atoms with Gasteiger partial charge in [0.05, 0.1) is 31.4 Å². The Balaban J connectivity index is 1.89. The SMILES string of the molecule is CC(Nc1cccc(Cl)c1Br)c1nc2ccccc2s1. The van der Waals surface area contributed by atoms with Crippen molar-refractivity contribution in [2.75, 3.05) is 5.32 Å². The lowest BCUT2D eigenvalue weighted by Gasteiger charge is -2.14. The van der Waals surface area contributed by atoms with Crippen LogP contribution in [0.2, 0.25) is 5.02 Å². The molecule has 0 radical (unpaired) electrons. The topological polar surface area (TPSA) is 24.9 Å². The lowest BCUT2D eigenvalue weighted by molar-refractivity contribution is 0.873. The van der Waals surface area contributed by atoms with Crippen molar-refractivity contribution in [3.05, 3.63) is 57.0 Å². The van der Waals surface area contributed by atoms with Crippen molar-refractivity contribution in [1.29, 1.82) is 0 Å². The molecule has 102 valence electrons. The van der Waals surface area contributed by atoms with Crippen LogP contribution >= 0.6 is 38.9 Å². The molecule has 2 aromatic carbocycles. The second-order valence-corrected chi connectivity index (χ2v) is 6.75. The first-order valence-electron chi connectivity index (χ1n) is 6.21. The lowest BCUT2D eigenvalue weighted by atomic mass is 10.2. The number of fused-ring (bicyclic) bond motifs is 1. The molecule has 3 aromatic rings. The molecular formula is C15H12BrClN2S. The van der Waals surface area contributed by atoms with Gasteiger partial charge >= 0.3 is 0 Å². The summed E-state index contributed by atoms with van der Waals surface area (Å²) in [4.78, 5) is 4.67. The predicted molar refractivity (Wildman–Crippen MR) is 90.8 cm³/mol. The van der Waals surface area contributed by atoms with Crippen LogP contribution in [-0.2, 0) is 0 Å². The fourth-order valence-electron chi connectivity index (χ4n) is 1.99. The first kappa shape index (κ1) is 13.9. The third kappa shape index (κ3) is 2.68. The quantitative estimate of drug-likeness (QED) is 0.624. The van der Waals surface area contributed by atoms with Gasteiger partial charge in [-0.2, -0.15) is 0 Å². The van der Waals surface area contributed by atoms with E-state index >= 15 is 0 Å². The standard InChI is InChI=1S/C15H12BrClN2S/c1-9(18-12-7-4-5-10(17)14(12)16)15-19-11-6-2-3-8-13(11)20-15/h2-9,18H,1H3. The van der Waals surface area contributed by atoms with E-state index in [-0.39, 0.29) is 6.04 Å². The summed E-state index contributed by atoms with van der Waals surface area (Å²) in [5, 5.41) is 5.21. The number of nitrogens with one attached hydrogen (secondary N) is 1. The number of rotatable bonds is 3. The number of halogens is 2. The smallest absolute Gasteiger partial charge is 0.116 e. The Morgan fingerprint density at radius 3 is 2.80 bits per heavy atom. The minimum Gasteiger partial charge on any atom is -0.375 e. The van der Waals surface area contributed by atoms with E-state index in [4.69, 9.17) is 11.6 Å². The van der Waals surface area contributed by atoms with Crippen molar-refractivity contribution < 1.29 is 0 Å². The van der Waals surface area contributed by atoms with Crippen molar-refractivity contribution >= 4 is 54.8 Å². The molecule has 2 nitrogen and oxygen atoms in total. The molecule has 1 heterocycles. The molecule has 0 saturated heterocycles. The predicted octanol–water partition coefficient (Wildman–Crippen LogP) is 5.89. The van der Waals surface area contributed by atoms with Gasteiger partial charge in [-0.05, 0) is 47.1 Å². The van der Waals surface area contributed by atoms with Crippen LogP contribution in [0, 0.1) is 0 Å². The molecule has 0 amide bonds. The van der Waals surface area contributed by atoms with Crippen molar-refractivity contribution in [2.45, 2.75) is 13.0 Å². The largest absolute Gasteiger partial charge is 0.375 e. The number of nitrogens with zero attached hydrogens (tertiary/aromatic N) is 1. The van der Waals surface area contributed by atoms with Gasteiger partial charge in [0.2, 0.25) is 0 Å². The zero-order valence-corrected chi connectivity index (χ0v) is 13.9. The number of aromatic nitrogens is 1. The van der Waals surface area contributed by atoms with Crippen LogP contribution in [0.4, 0.5) is 5.69 Å². The Hall–Kier alpha value is -1.10. The average molecular weight is 368 g/mol. The maximum atomic E-state index is 6.11. The lowest BCUT2D eigenvalue weighted by Crippen LogP contribution is -2.06. The molecule has 0 aliphatic carbocycles. The van der Waals surface area contributed by atoms with E-state index < -0.39 is 0 Å². The normalized spacial score (nSPS) is 12.6. The first-order chi connectivity index (χ1) is 9.65. The highest BCUT2D eigenvalue weighted by atomic mass is 79.9. The molecule has 1 atom stereocenters. The number of para-hydroxylation sites is 1. The third-order valence-corrected chi connectivity index (χ3v) is 5.62. The molecule has 20 heavy (non-hydrogen) atoms. The number of hydrogen-bond donors (Lipinski definition) is 1. The second-order valence-electron chi connectivity index (χ2n) is 4.49. The Morgan fingerprint density at radius 2 is 2.00 bits per heavy atom. The van der Waals surface area contributed by atoms with Gasteiger partial charge < -0.3 is 5.32 Å². The fourth-order valence-corrected chi connectivity index (χ4v) is 3.51. The van der Waals surface area contributed by atoms with Crippen molar-refractivity contribution in [3.8, 4) is 0 Å². The molecule has 0 saturated carbocycles. The molecule has 3 rings (SSSR count). The summed E-state index contributed by atoms with van der Waals surface area (Å²) in [5.74, 6) is 0. The summed E-state index contributed by atoms with van der Waals surface area (Å²) in [6, 6.07) is 14.1. The summed E-state index contributed by atoms with van der Waals surface area (Å²) in [7, 11) is 0. The van der Waals surface area contributed by atoms with Crippen LogP contribution in [-0.4, -0.2) is 4.98 Å². The molecule has 1 unspecified atom stereocenters. The van der Waals surface area contributed by atoms with Crippen LogP contribution in [0.25, 0.3) is 10.2 Å². The van der Waals surface area contributed by atoms with Crippen molar-refractivity contribution in [1.82, 2.24) is 4.98 Å². The highest BCUT2D eigenvalue weighted by Crippen LogP contribution is 2.34. The zero-order valence-electron chi connectivity index (χ0n) is 10.7. The maximum Gasteiger partial charge on any atom is 0.116 e. The molecule has 0 aliphatic heterocycles. The van der Waals surface area contributed by atoms with Crippen LogP contribution in [0.3, 0.4) is 0 Å². The van der Waals surface area contributed by atoms with Crippen LogP contribution < -0.4 is 5.32 Å². The van der Waals surface area contributed by atoms with Gasteiger partial charge in [-0.3, -0.25) is 0 Å². The van der Waals surface area contributed by atoms with Crippen molar-refractivity contribution in [3.63, 3.8) is 0 Å². The number of thiazole rings is 1. The summed E-state index contributed by atoms with van der Waals surface area (Å²) >= 11 is 11.3. The van der Waals surface area contributed by atoms with Crippen LogP contribution in [0.5, 0.6) is 0 Å². The molecule has 0 aliphatic rings. The Labute approximate surface area is 134 Å². The number of hydrogen-bond acceptors (Lipinski definition) is 3. The minimum atomic E-state index is 0.127. The second kappa shape index (κ2) is 5.72. The van der Waals surface area contributed by atoms with E-state index in [0.717, 1.165) is 20.7 Å². The molecule has 1 N–H and O–H groups in total. The van der Waals surface area contributed by atoms with E-state index in [9.17, 15) is 0 Å². The van der Waals surface area contributed by atoms with Crippen molar-refractivity contribution in [2.24, 2.45) is 0 Å². The highest BCUT2D eigenvalue weighted by Gasteiger charge is 2.13. The van der Waals surface area contributed by atoms with E-state index in [1.165, 1.54) is 4.70 Å². The minimum absolute atomic E-state index is 0.127. The monoisotopic (exact) mass is 366 g/mol. The van der Waals surface area contributed by atoms with Gasteiger partial charge in [-0.25, -0.2) is 4.98 Å². The highest BCUT2D eigenvalue weighted by molar-refractivity contribution is 9.10. The average Bonchev–Trinajstić information content (AvgIpc) is 2.88. The van der Waals surface area contributed by atoms with Crippen LogP contribution in [0.1, 0.15) is 18.0 Å². The Kier molecular flexibility index (Phi) is 3.96. The maximum absolute atomic E-state index is 6.11. The zero-order chi connectivity index (χ0) is 14.1. The van der Waals surface area contributed by atoms with Gasteiger partial charge in [-0.1, -0.05) is 29.8 Å². The van der Waals surface area contributed by atoms with Gasteiger partial charge in [0.1, 0.15) is 5.01 Å². The molecule has 0 spiro atoms. The Bertz CT molecular complexity index is 723. The van der Waals surface area contributed by atoms with E-state index in [2.05, 4.69) is 39.2 Å². The summed E-state index contributed by atoms with van der Waals surface area (Å²) < 4.78 is 2.09. The van der Waals surface area contributed by atoms with E-state index in [1.807, 2.05) is 36.4 Å². The van der Waals surface area contributed by atoms with E-state index in [0.29, 0.717) is 5.02 Å². The summed E-state index contributed by atoms with van der Waals surface area (Å²) in [6.07, 6.45) is 0. The summed E-state index contributed by atoms with van der Waals surface area (Å²) in [5.41, 5.74) is 2.02. The summed E-state index contributed by atoms with van der Waals surface area (Å²) in [6.45, 7) is 2.10. The number of benzene rings is 2.